The average molecular weight is 249 g/mol. The molecule has 3 heteroatoms. The summed E-state index contributed by atoms with van der Waals surface area (Å²) < 4.78 is 5.89. The lowest BCUT2D eigenvalue weighted by Crippen LogP contribution is -2.45. The molecule has 0 aromatic heterocycles. The molecule has 0 heterocycles. The van der Waals surface area contributed by atoms with Gasteiger partial charge in [-0.2, -0.15) is 0 Å². The summed E-state index contributed by atoms with van der Waals surface area (Å²) in [6.45, 7) is 1.98. The number of hydrogen-bond acceptors (Lipinski definition) is 1. The van der Waals surface area contributed by atoms with Crippen LogP contribution < -0.4 is 9.61 Å². The molecule has 0 radical (unpaired) electrons. The van der Waals surface area contributed by atoms with Gasteiger partial charge >= 0.3 is 7.63 Å². The quantitative estimate of drug-likeness (QED) is 0.598. The summed E-state index contributed by atoms with van der Waals surface area (Å²) in [6, 6.07) is 19.7. The third-order valence-electron chi connectivity index (χ3n) is 2.34. The van der Waals surface area contributed by atoms with Crippen LogP contribution in [0.4, 0.5) is 0 Å². The maximum atomic E-state index is 6.51. The number of hydrogen-bond donors (Lipinski definition) is 0. The Bertz CT molecular complexity index is 442. The van der Waals surface area contributed by atoms with Gasteiger partial charge in [0.05, 0.1) is 0 Å². The van der Waals surface area contributed by atoms with E-state index in [1.165, 1.54) is 0 Å². The zero-order valence-corrected chi connectivity index (χ0v) is 10.8. The fourth-order valence-electron chi connectivity index (χ4n) is 1.50. The molecule has 0 spiro atoms. The van der Waals surface area contributed by atoms with Crippen LogP contribution in [0.15, 0.2) is 60.7 Å². The first-order valence-electron chi connectivity index (χ1n) is 5.17. The Kier molecular flexibility index (Phi) is 3.32. The molecule has 0 fully saturated rings. The lowest BCUT2D eigenvalue weighted by Gasteiger charge is -2.21. The molecule has 1 atom stereocenters. The van der Waals surface area contributed by atoms with Crippen LogP contribution in [0.1, 0.15) is 0 Å². The van der Waals surface area contributed by atoms with Crippen molar-refractivity contribution in [2.45, 2.75) is 6.55 Å². The highest BCUT2D eigenvalue weighted by molar-refractivity contribution is 7.23. The van der Waals surface area contributed by atoms with E-state index < -0.39 is 7.63 Å². The molecule has 1 nitrogen and oxygen atoms in total. The highest BCUT2D eigenvalue weighted by atomic mass is 35.6. The van der Waals surface area contributed by atoms with Gasteiger partial charge < -0.3 is 4.43 Å². The smallest absolute Gasteiger partial charge is 0.377 e. The Morgan fingerprint density at radius 1 is 0.875 bits per heavy atom. The molecule has 2 aromatic rings. The van der Waals surface area contributed by atoms with Crippen molar-refractivity contribution in [1.29, 1.82) is 0 Å². The summed E-state index contributed by atoms with van der Waals surface area (Å²) in [5.41, 5.74) is 0. The molecule has 0 aliphatic carbocycles. The van der Waals surface area contributed by atoms with E-state index in [0.717, 1.165) is 10.9 Å². The van der Waals surface area contributed by atoms with E-state index >= 15 is 0 Å². The first-order valence-corrected chi connectivity index (χ1v) is 8.59. The van der Waals surface area contributed by atoms with Crippen LogP contribution in [0.25, 0.3) is 0 Å². The SMILES string of the molecule is C[Si](Cl)(Oc1ccccc1)c1ccccc1. The van der Waals surface area contributed by atoms with Crippen molar-refractivity contribution in [1.82, 2.24) is 0 Å². The first-order chi connectivity index (χ1) is 7.68. The summed E-state index contributed by atoms with van der Waals surface area (Å²) in [5, 5.41) is 1.08. The van der Waals surface area contributed by atoms with Crippen LogP contribution in [0.5, 0.6) is 5.75 Å². The molecule has 0 saturated carbocycles. The van der Waals surface area contributed by atoms with Crippen molar-refractivity contribution in [3.8, 4) is 5.75 Å². The highest BCUT2D eigenvalue weighted by Crippen LogP contribution is 2.17. The minimum absolute atomic E-state index is 0.829. The van der Waals surface area contributed by atoms with Gasteiger partial charge in [0.2, 0.25) is 0 Å². The third-order valence-corrected chi connectivity index (χ3v) is 5.21. The fourth-order valence-corrected chi connectivity index (χ4v) is 3.63. The molecule has 0 saturated heterocycles. The molecule has 16 heavy (non-hydrogen) atoms. The zero-order chi connectivity index (χ0) is 11.4. The van der Waals surface area contributed by atoms with Gasteiger partial charge in [0.25, 0.3) is 0 Å². The molecule has 0 bridgehead atoms. The first kappa shape index (κ1) is 11.2. The number of halogens is 1. The average Bonchev–Trinajstić information content (AvgIpc) is 2.31. The van der Waals surface area contributed by atoms with E-state index in [1.807, 2.05) is 67.2 Å². The van der Waals surface area contributed by atoms with Crippen LogP contribution in [0.3, 0.4) is 0 Å². The summed E-state index contributed by atoms with van der Waals surface area (Å²) in [5.74, 6) is 0.829. The van der Waals surface area contributed by atoms with Gasteiger partial charge in [0.1, 0.15) is 5.75 Å². The summed E-state index contributed by atoms with van der Waals surface area (Å²) >= 11 is 6.51. The summed E-state index contributed by atoms with van der Waals surface area (Å²) in [4.78, 5) is 0. The van der Waals surface area contributed by atoms with Gasteiger partial charge in [-0.05, 0) is 23.9 Å². The lowest BCUT2D eigenvalue weighted by atomic mass is 10.3. The lowest BCUT2D eigenvalue weighted by molar-refractivity contribution is 0.578. The minimum atomic E-state index is -2.35. The van der Waals surface area contributed by atoms with Crippen LogP contribution in [-0.4, -0.2) is 7.63 Å². The Labute approximate surface area is 101 Å². The van der Waals surface area contributed by atoms with Crippen LogP contribution in [0.2, 0.25) is 6.55 Å². The second-order valence-corrected chi connectivity index (χ2v) is 8.48. The van der Waals surface area contributed by atoms with Crippen molar-refractivity contribution < 1.29 is 4.43 Å². The molecule has 1 unspecified atom stereocenters. The predicted octanol–water partition coefficient (Wildman–Crippen LogP) is 3.28. The van der Waals surface area contributed by atoms with Crippen molar-refractivity contribution in [2.24, 2.45) is 0 Å². The molecule has 0 amide bonds. The highest BCUT2D eigenvalue weighted by Gasteiger charge is 2.30. The minimum Gasteiger partial charge on any atom is -0.526 e. The van der Waals surface area contributed by atoms with Crippen molar-refractivity contribution in [3.05, 3.63) is 60.7 Å². The number of para-hydroxylation sites is 1. The van der Waals surface area contributed by atoms with Gasteiger partial charge in [-0.1, -0.05) is 48.5 Å². The fraction of sp³-hybridized carbons (Fsp3) is 0.0769. The molecule has 0 N–H and O–H groups in total. The molecule has 82 valence electrons. The van der Waals surface area contributed by atoms with Gasteiger partial charge in [-0.3, -0.25) is 0 Å². The Morgan fingerprint density at radius 2 is 1.38 bits per heavy atom. The van der Waals surface area contributed by atoms with Gasteiger partial charge in [0.15, 0.2) is 0 Å². The Balaban J connectivity index is 2.21. The van der Waals surface area contributed by atoms with E-state index in [-0.39, 0.29) is 0 Å². The van der Waals surface area contributed by atoms with Crippen molar-refractivity contribution in [3.63, 3.8) is 0 Å². The number of rotatable bonds is 3. The van der Waals surface area contributed by atoms with Crippen LogP contribution in [-0.2, 0) is 0 Å². The predicted molar refractivity (Wildman–Crippen MR) is 70.6 cm³/mol. The second-order valence-electron chi connectivity index (χ2n) is 3.70. The molecule has 0 aliphatic rings. The zero-order valence-electron chi connectivity index (χ0n) is 9.06. The van der Waals surface area contributed by atoms with E-state index in [4.69, 9.17) is 15.5 Å². The van der Waals surface area contributed by atoms with Gasteiger partial charge in [0, 0.05) is 0 Å². The topological polar surface area (TPSA) is 9.23 Å². The Morgan fingerprint density at radius 3 is 1.94 bits per heavy atom. The second kappa shape index (κ2) is 4.72. The summed E-state index contributed by atoms with van der Waals surface area (Å²) in [6.07, 6.45) is 0. The monoisotopic (exact) mass is 248 g/mol. The maximum Gasteiger partial charge on any atom is 0.377 e. The molecule has 2 aromatic carbocycles. The van der Waals surface area contributed by atoms with Crippen LogP contribution >= 0.6 is 11.1 Å². The van der Waals surface area contributed by atoms with Gasteiger partial charge in [-0.15, -0.1) is 11.1 Å². The van der Waals surface area contributed by atoms with Crippen molar-refractivity contribution >= 4 is 23.9 Å². The molecule has 2 rings (SSSR count). The van der Waals surface area contributed by atoms with Crippen molar-refractivity contribution in [2.75, 3.05) is 0 Å². The van der Waals surface area contributed by atoms with Crippen LogP contribution in [0, 0.1) is 0 Å². The molecular formula is C13H13ClOSi. The Hall–Kier alpha value is -1.25. The maximum absolute atomic E-state index is 6.51. The standard InChI is InChI=1S/C13H13ClOSi/c1-16(14,13-10-6-3-7-11-13)15-12-8-4-2-5-9-12/h2-11H,1H3. The molecule has 0 aliphatic heterocycles. The van der Waals surface area contributed by atoms with E-state index in [1.54, 1.807) is 0 Å². The number of benzene rings is 2. The van der Waals surface area contributed by atoms with E-state index in [2.05, 4.69) is 0 Å². The van der Waals surface area contributed by atoms with Gasteiger partial charge in [-0.25, -0.2) is 0 Å². The largest absolute Gasteiger partial charge is 0.526 e. The molecular weight excluding hydrogens is 236 g/mol. The summed E-state index contributed by atoms with van der Waals surface area (Å²) in [7, 11) is -2.35. The van der Waals surface area contributed by atoms with E-state index in [0.29, 0.717) is 0 Å². The normalized spacial score (nSPS) is 14.1. The van der Waals surface area contributed by atoms with E-state index in [9.17, 15) is 0 Å². The third kappa shape index (κ3) is 2.65.